The lowest BCUT2D eigenvalue weighted by molar-refractivity contribution is 0.129. The van der Waals surface area contributed by atoms with Crippen molar-refractivity contribution in [2.45, 2.75) is 27.3 Å². The minimum Gasteiger partial charge on any atom is -0.380 e. The van der Waals surface area contributed by atoms with Gasteiger partial charge in [0.15, 0.2) is 0 Å². The summed E-state index contributed by atoms with van der Waals surface area (Å²) in [5.74, 6) is 0. The molecule has 0 aliphatic heterocycles. The lowest BCUT2D eigenvalue weighted by atomic mass is 10.4. The van der Waals surface area contributed by atoms with E-state index < -0.39 is 0 Å². The van der Waals surface area contributed by atoms with E-state index in [-0.39, 0.29) is 7.43 Å². The molecule has 0 saturated carbocycles. The molecule has 2 heteroatoms. The second kappa shape index (κ2) is 7.92. The molecule has 0 saturated heterocycles. The van der Waals surface area contributed by atoms with Crippen molar-refractivity contribution >= 4 is 0 Å². The third-order valence-corrected chi connectivity index (χ3v) is 1.06. The topological polar surface area (TPSA) is 21.3 Å². The quantitative estimate of drug-likeness (QED) is 0.623. The third kappa shape index (κ3) is 7.92. The number of hydrogen-bond acceptors (Lipinski definition) is 2. The van der Waals surface area contributed by atoms with E-state index in [2.05, 4.69) is 12.2 Å². The highest BCUT2D eigenvalue weighted by Crippen LogP contribution is 1.80. The van der Waals surface area contributed by atoms with Gasteiger partial charge in [-0.1, -0.05) is 7.43 Å². The van der Waals surface area contributed by atoms with Gasteiger partial charge in [0.1, 0.15) is 0 Å². The Balaban J connectivity index is 0. The molecule has 58 valence electrons. The van der Waals surface area contributed by atoms with Gasteiger partial charge in [0.2, 0.25) is 0 Å². The first-order valence-electron chi connectivity index (χ1n) is 3.06. The van der Waals surface area contributed by atoms with Gasteiger partial charge < -0.3 is 10.1 Å². The molecule has 9 heavy (non-hydrogen) atoms. The zero-order valence-electron chi connectivity index (χ0n) is 5.90. The molecular formula is C7H19NO. The van der Waals surface area contributed by atoms with Crippen molar-refractivity contribution in [1.29, 1.82) is 0 Å². The molecule has 0 spiro atoms. The smallest absolute Gasteiger partial charge is 0.0616 e. The second-order valence-electron chi connectivity index (χ2n) is 1.85. The highest BCUT2D eigenvalue weighted by atomic mass is 16.5. The van der Waals surface area contributed by atoms with E-state index >= 15 is 0 Å². The minimum atomic E-state index is 0. The van der Waals surface area contributed by atoms with Crippen molar-refractivity contribution in [3.05, 3.63) is 0 Å². The molecule has 0 bridgehead atoms. The number of nitrogens with one attached hydrogen (secondary N) is 1. The molecule has 1 unspecified atom stereocenters. The first-order valence-corrected chi connectivity index (χ1v) is 3.06. The van der Waals surface area contributed by atoms with Gasteiger partial charge in [0, 0.05) is 12.6 Å². The first-order chi connectivity index (χ1) is 3.81. The monoisotopic (exact) mass is 133 g/mol. The van der Waals surface area contributed by atoms with E-state index in [1.54, 1.807) is 0 Å². The Kier molecular flexibility index (Phi) is 10.3. The van der Waals surface area contributed by atoms with Gasteiger partial charge >= 0.3 is 0 Å². The van der Waals surface area contributed by atoms with Crippen LogP contribution in [0.2, 0.25) is 0 Å². The van der Waals surface area contributed by atoms with Crippen molar-refractivity contribution < 1.29 is 4.74 Å². The average molecular weight is 133 g/mol. The van der Waals surface area contributed by atoms with Crippen LogP contribution >= 0.6 is 0 Å². The van der Waals surface area contributed by atoms with Gasteiger partial charge in [-0.3, -0.25) is 0 Å². The van der Waals surface area contributed by atoms with Gasteiger partial charge in [-0.2, -0.15) is 0 Å². The summed E-state index contributed by atoms with van der Waals surface area (Å²) in [5.41, 5.74) is 0. The summed E-state index contributed by atoms with van der Waals surface area (Å²) in [4.78, 5) is 0. The van der Waals surface area contributed by atoms with E-state index in [9.17, 15) is 0 Å². The minimum absolute atomic E-state index is 0. The standard InChI is InChI=1S/C6H15NO.CH4/c1-4-8-5-6(2)7-3;/h6-7H,4-5H2,1-3H3;1H4. The lowest BCUT2D eigenvalue weighted by Gasteiger charge is -2.07. The lowest BCUT2D eigenvalue weighted by Crippen LogP contribution is -2.26. The summed E-state index contributed by atoms with van der Waals surface area (Å²) in [6, 6.07) is 0.481. The number of likely N-dealkylation sites (N-methyl/N-ethyl adjacent to an activating group) is 1. The van der Waals surface area contributed by atoms with Gasteiger partial charge in [-0.15, -0.1) is 0 Å². The van der Waals surface area contributed by atoms with Gasteiger partial charge in [-0.05, 0) is 20.9 Å². The van der Waals surface area contributed by atoms with Gasteiger partial charge in [0.05, 0.1) is 6.61 Å². The Labute approximate surface area is 58.6 Å². The van der Waals surface area contributed by atoms with Crippen molar-refractivity contribution in [3.63, 3.8) is 0 Å². The molecule has 0 aliphatic carbocycles. The molecule has 0 aliphatic rings. The Bertz CT molecular complexity index is 48.2. The molecule has 0 aromatic heterocycles. The fourth-order valence-electron chi connectivity index (χ4n) is 0.378. The maximum Gasteiger partial charge on any atom is 0.0616 e. The summed E-state index contributed by atoms with van der Waals surface area (Å²) in [7, 11) is 1.93. The second-order valence-corrected chi connectivity index (χ2v) is 1.85. The predicted octanol–water partition coefficient (Wildman–Crippen LogP) is 1.27. The van der Waals surface area contributed by atoms with Crippen molar-refractivity contribution in [2.75, 3.05) is 20.3 Å². The van der Waals surface area contributed by atoms with E-state index in [0.717, 1.165) is 13.2 Å². The van der Waals surface area contributed by atoms with Crippen LogP contribution in [0, 0.1) is 0 Å². The summed E-state index contributed by atoms with van der Waals surface area (Å²) >= 11 is 0. The van der Waals surface area contributed by atoms with Crippen LogP contribution in [-0.4, -0.2) is 26.3 Å². The molecule has 0 aromatic rings. The van der Waals surface area contributed by atoms with E-state index in [0.29, 0.717) is 6.04 Å². The normalized spacial score (nSPS) is 12.3. The summed E-state index contributed by atoms with van der Waals surface area (Å²) < 4.78 is 5.12. The van der Waals surface area contributed by atoms with Crippen molar-refractivity contribution in [3.8, 4) is 0 Å². The molecule has 1 N–H and O–H groups in total. The SMILES string of the molecule is C.CCOCC(C)NC. The van der Waals surface area contributed by atoms with Crippen LogP contribution in [0.1, 0.15) is 21.3 Å². The zero-order chi connectivity index (χ0) is 6.41. The number of hydrogen-bond donors (Lipinski definition) is 1. The van der Waals surface area contributed by atoms with Crippen molar-refractivity contribution in [2.24, 2.45) is 0 Å². The van der Waals surface area contributed by atoms with Crippen molar-refractivity contribution in [1.82, 2.24) is 5.32 Å². The van der Waals surface area contributed by atoms with Gasteiger partial charge in [-0.25, -0.2) is 0 Å². The van der Waals surface area contributed by atoms with E-state index in [1.165, 1.54) is 0 Å². The summed E-state index contributed by atoms with van der Waals surface area (Å²) in [6.45, 7) is 5.72. The molecule has 0 heterocycles. The average Bonchev–Trinajstić information content (AvgIpc) is 1.83. The highest BCUT2D eigenvalue weighted by molar-refractivity contribution is 4.52. The van der Waals surface area contributed by atoms with Crippen LogP contribution in [0.4, 0.5) is 0 Å². The van der Waals surface area contributed by atoms with Crippen LogP contribution in [0.3, 0.4) is 0 Å². The maximum atomic E-state index is 5.12. The molecule has 2 nitrogen and oxygen atoms in total. The Morgan fingerprint density at radius 2 is 2.11 bits per heavy atom. The molecule has 0 fully saturated rings. The number of ether oxygens (including phenoxy) is 1. The fraction of sp³-hybridized carbons (Fsp3) is 1.00. The molecule has 1 atom stereocenters. The highest BCUT2D eigenvalue weighted by Gasteiger charge is 1.93. The van der Waals surface area contributed by atoms with Crippen LogP contribution in [0.25, 0.3) is 0 Å². The number of rotatable bonds is 4. The largest absolute Gasteiger partial charge is 0.380 e. The van der Waals surface area contributed by atoms with Crippen LogP contribution in [0.5, 0.6) is 0 Å². The van der Waals surface area contributed by atoms with Crippen LogP contribution in [0.15, 0.2) is 0 Å². The first kappa shape index (κ1) is 11.7. The summed E-state index contributed by atoms with van der Waals surface area (Å²) in [5, 5.41) is 3.07. The molecular weight excluding hydrogens is 114 g/mol. The summed E-state index contributed by atoms with van der Waals surface area (Å²) in [6.07, 6.45) is 0. The third-order valence-electron chi connectivity index (χ3n) is 1.06. The molecule has 0 rings (SSSR count). The Morgan fingerprint density at radius 3 is 2.44 bits per heavy atom. The van der Waals surface area contributed by atoms with E-state index in [1.807, 2.05) is 14.0 Å². The maximum absolute atomic E-state index is 5.12. The molecule has 0 radical (unpaired) electrons. The molecule has 0 amide bonds. The zero-order valence-corrected chi connectivity index (χ0v) is 5.90. The Morgan fingerprint density at radius 1 is 1.56 bits per heavy atom. The van der Waals surface area contributed by atoms with Crippen LogP contribution < -0.4 is 5.32 Å². The fourth-order valence-corrected chi connectivity index (χ4v) is 0.378. The van der Waals surface area contributed by atoms with E-state index in [4.69, 9.17) is 4.74 Å². The predicted molar refractivity (Wildman–Crippen MR) is 41.7 cm³/mol. The Hall–Kier alpha value is -0.0800. The van der Waals surface area contributed by atoms with Gasteiger partial charge in [0.25, 0.3) is 0 Å². The van der Waals surface area contributed by atoms with Crippen LogP contribution in [-0.2, 0) is 4.74 Å². The molecule has 0 aromatic carbocycles.